The number of fused-ring (bicyclic) bond motifs is 1. The highest BCUT2D eigenvalue weighted by molar-refractivity contribution is 6.12. The molecule has 0 radical (unpaired) electrons. The first-order valence-corrected chi connectivity index (χ1v) is 8.22. The molecule has 134 valence electrons. The van der Waals surface area contributed by atoms with E-state index in [4.69, 9.17) is 4.74 Å². The van der Waals surface area contributed by atoms with Gasteiger partial charge in [0.2, 0.25) is 5.91 Å². The number of benzene rings is 2. The van der Waals surface area contributed by atoms with Gasteiger partial charge in [0.05, 0.1) is 7.11 Å². The van der Waals surface area contributed by atoms with Gasteiger partial charge in [0.25, 0.3) is 5.91 Å². The summed E-state index contributed by atoms with van der Waals surface area (Å²) < 4.78 is 5.16. The molecule has 1 N–H and O–H groups in total. The highest BCUT2D eigenvalue weighted by Gasteiger charge is 2.51. The van der Waals surface area contributed by atoms with Crippen LogP contribution in [0.25, 0.3) is 0 Å². The molecule has 1 aliphatic rings. The Morgan fingerprint density at radius 2 is 1.88 bits per heavy atom. The lowest BCUT2D eigenvalue weighted by molar-refractivity contribution is -0.130. The Bertz CT molecular complexity index is 893. The fraction of sp³-hybridized carbons (Fsp3) is 0.250. The van der Waals surface area contributed by atoms with Crippen molar-refractivity contribution < 1.29 is 19.1 Å². The molecule has 3 rings (SSSR count). The maximum absolute atomic E-state index is 13.0. The number of amides is 2. The first-order valence-electron chi connectivity index (χ1n) is 8.22. The third-order valence-corrected chi connectivity index (χ3v) is 4.60. The Morgan fingerprint density at radius 3 is 2.58 bits per heavy atom. The molecule has 1 heterocycles. The Labute approximate surface area is 151 Å². The number of carbonyl (C=O) groups excluding carboxylic acids is 3. The predicted molar refractivity (Wildman–Crippen MR) is 97.3 cm³/mol. The molecule has 1 atom stereocenters. The van der Waals surface area contributed by atoms with Gasteiger partial charge >= 0.3 is 0 Å². The number of hydrogen-bond acceptors (Lipinski definition) is 4. The van der Waals surface area contributed by atoms with Crippen molar-refractivity contribution >= 4 is 23.3 Å². The van der Waals surface area contributed by atoms with E-state index in [0.717, 1.165) is 0 Å². The summed E-state index contributed by atoms with van der Waals surface area (Å²) in [5.41, 5.74) is 0.328. The Balaban J connectivity index is 2.05. The Kier molecular flexibility index (Phi) is 4.50. The average Bonchev–Trinajstić information content (AvgIpc) is 2.84. The van der Waals surface area contributed by atoms with Crippen molar-refractivity contribution in [2.24, 2.45) is 0 Å². The third-order valence-electron chi connectivity index (χ3n) is 4.60. The van der Waals surface area contributed by atoms with Crippen LogP contribution in [0, 0.1) is 0 Å². The number of nitrogens with one attached hydrogen (secondary N) is 1. The maximum atomic E-state index is 13.0. The number of ketones is 1. The fourth-order valence-electron chi connectivity index (χ4n) is 3.41. The quantitative estimate of drug-likeness (QED) is 0.838. The summed E-state index contributed by atoms with van der Waals surface area (Å²) in [5.74, 6) is -0.400. The maximum Gasteiger partial charge on any atom is 0.257 e. The standard InChI is InChI=1S/C20H20N2O4/c1-13(23)21-20(12-18(24)14-7-6-8-15(11-14)26-3)16-9-4-5-10-17(16)22(2)19(20)25/h4-11H,12H2,1-3H3,(H,21,23)/t20-/m1/s1. The minimum Gasteiger partial charge on any atom is -0.497 e. The third kappa shape index (κ3) is 2.83. The number of likely N-dealkylation sites (N-methyl/N-ethyl adjacent to an activating group) is 1. The molecule has 2 aromatic carbocycles. The minimum absolute atomic E-state index is 0.167. The van der Waals surface area contributed by atoms with E-state index in [9.17, 15) is 14.4 Å². The van der Waals surface area contributed by atoms with Gasteiger partial charge in [-0.2, -0.15) is 0 Å². The number of para-hydroxylation sites is 1. The smallest absolute Gasteiger partial charge is 0.257 e. The molecule has 0 aromatic heterocycles. The zero-order valence-electron chi connectivity index (χ0n) is 14.9. The average molecular weight is 352 g/mol. The SMILES string of the molecule is COc1cccc(C(=O)C[C@]2(NC(C)=O)C(=O)N(C)c3ccccc32)c1. The number of carbonyl (C=O) groups is 3. The molecule has 2 amide bonds. The van der Waals surface area contributed by atoms with Gasteiger partial charge < -0.3 is 15.0 Å². The van der Waals surface area contributed by atoms with E-state index in [-0.39, 0.29) is 24.0 Å². The normalized spacial score (nSPS) is 18.4. The van der Waals surface area contributed by atoms with Crippen LogP contribution in [0.2, 0.25) is 0 Å². The number of nitrogens with zero attached hydrogens (tertiary/aromatic N) is 1. The molecule has 6 nitrogen and oxygen atoms in total. The summed E-state index contributed by atoms with van der Waals surface area (Å²) in [5, 5.41) is 2.74. The highest BCUT2D eigenvalue weighted by Crippen LogP contribution is 2.42. The number of anilines is 1. The molecule has 0 unspecified atom stereocenters. The van der Waals surface area contributed by atoms with Gasteiger partial charge in [0, 0.05) is 37.2 Å². The van der Waals surface area contributed by atoms with Crippen LogP contribution >= 0.6 is 0 Å². The van der Waals surface area contributed by atoms with Crippen molar-refractivity contribution in [1.29, 1.82) is 0 Å². The summed E-state index contributed by atoms with van der Waals surface area (Å²) >= 11 is 0. The lowest BCUT2D eigenvalue weighted by Crippen LogP contribution is -2.53. The molecule has 26 heavy (non-hydrogen) atoms. The lowest BCUT2D eigenvalue weighted by atomic mass is 9.84. The van der Waals surface area contributed by atoms with Gasteiger partial charge in [0.15, 0.2) is 11.3 Å². The van der Waals surface area contributed by atoms with E-state index in [1.807, 2.05) is 6.07 Å². The van der Waals surface area contributed by atoms with Crippen LogP contribution < -0.4 is 15.0 Å². The van der Waals surface area contributed by atoms with Gasteiger partial charge in [-0.3, -0.25) is 14.4 Å². The minimum atomic E-state index is -1.41. The van der Waals surface area contributed by atoms with Crippen molar-refractivity contribution in [3.63, 3.8) is 0 Å². The number of hydrogen-bond donors (Lipinski definition) is 1. The molecular weight excluding hydrogens is 332 g/mol. The second-order valence-electron chi connectivity index (χ2n) is 6.30. The van der Waals surface area contributed by atoms with Crippen molar-refractivity contribution in [2.75, 3.05) is 19.1 Å². The zero-order chi connectivity index (χ0) is 18.9. The number of rotatable bonds is 5. The molecule has 0 saturated carbocycles. The second-order valence-corrected chi connectivity index (χ2v) is 6.30. The molecule has 0 bridgehead atoms. The van der Waals surface area contributed by atoms with E-state index in [2.05, 4.69) is 5.32 Å². The monoisotopic (exact) mass is 352 g/mol. The van der Waals surface area contributed by atoms with Crippen molar-refractivity contribution in [2.45, 2.75) is 18.9 Å². The van der Waals surface area contributed by atoms with Crippen molar-refractivity contribution in [3.8, 4) is 5.75 Å². The van der Waals surface area contributed by atoms with Gasteiger partial charge in [0.1, 0.15) is 5.75 Å². The number of methoxy groups -OCH3 is 1. The molecule has 2 aromatic rings. The molecular formula is C20H20N2O4. The van der Waals surface area contributed by atoms with Crippen LogP contribution in [-0.4, -0.2) is 31.8 Å². The topological polar surface area (TPSA) is 75.7 Å². The second kappa shape index (κ2) is 6.63. The largest absolute Gasteiger partial charge is 0.497 e. The van der Waals surface area contributed by atoms with Crippen LogP contribution in [0.3, 0.4) is 0 Å². The van der Waals surface area contributed by atoms with E-state index in [0.29, 0.717) is 22.6 Å². The number of Topliss-reactive ketones (excluding diaryl/α,β-unsaturated/α-hetero) is 1. The van der Waals surface area contributed by atoms with Crippen LogP contribution in [0.1, 0.15) is 29.3 Å². The highest BCUT2D eigenvalue weighted by atomic mass is 16.5. The first kappa shape index (κ1) is 17.7. The molecule has 0 spiro atoms. The molecule has 0 fully saturated rings. The summed E-state index contributed by atoms with van der Waals surface area (Å²) in [4.78, 5) is 39.3. The van der Waals surface area contributed by atoms with Crippen molar-refractivity contribution in [1.82, 2.24) is 5.32 Å². The van der Waals surface area contributed by atoms with E-state index >= 15 is 0 Å². The number of ether oxygens (including phenoxy) is 1. The van der Waals surface area contributed by atoms with E-state index in [1.165, 1.54) is 18.9 Å². The lowest BCUT2D eigenvalue weighted by Gasteiger charge is -2.28. The van der Waals surface area contributed by atoms with Crippen molar-refractivity contribution in [3.05, 3.63) is 59.7 Å². The van der Waals surface area contributed by atoms with Gasteiger partial charge in [-0.25, -0.2) is 0 Å². The van der Waals surface area contributed by atoms with E-state index in [1.54, 1.807) is 49.5 Å². The van der Waals surface area contributed by atoms with Crippen LogP contribution in [0.4, 0.5) is 5.69 Å². The zero-order valence-corrected chi connectivity index (χ0v) is 14.9. The van der Waals surface area contributed by atoms with Crippen LogP contribution in [0.15, 0.2) is 48.5 Å². The Hall–Kier alpha value is -3.15. The van der Waals surface area contributed by atoms with Gasteiger partial charge in [-0.15, -0.1) is 0 Å². The summed E-state index contributed by atoms with van der Waals surface area (Å²) in [6.07, 6.45) is -0.167. The fourth-order valence-corrected chi connectivity index (χ4v) is 3.41. The predicted octanol–water partition coefficient (Wildman–Crippen LogP) is 2.28. The van der Waals surface area contributed by atoms with Gasteiger partial charge in [-0.1, -0.05) is 30.3 Å². The first-order chi connectivity index (χ1) is 12.4. The summed E-state index contributed by atoms with van der Waals surface area (Å²) in [6.45, 7) is 1.34. The Morgan fingerprint density at radius 1 is 1.15 bits per heavy atom. The molecule has 0 saturated heterocycles. The summed E-state index contributed by atoms with van der Waals surface area (Å²) in [7, 11) is 3.16. The summed E-state index contributed by atoms with van der Waals surface area (Å²) in [6, 6.07) is 13.9. The molecule has 6 heteroatoms. The molecule has 0 aliphatic carbocycles. The molecule has 1 aliphatic heterocycles. The van der Waals surface area contributed by atoms with Gasteiger partial charge in [-0.05, 0) is 18.2 Å². The van der Waals surface area contributed by atoms with E-state index < -0.39 is 5.54 Å². The van der Waals surface area contributed by atoms with Crippen LogP contribution in [-0.2, 0) is 15.1 Å². The van der Waals surface area contributed by atoms with Crippen LogP contribution in [0.5, 0.6) is 5.75 Å².